The lowest BCUT2D eigenvalue weighted by Crippen LogP contribution is -2.31. The predicted molar refractivity (Wildman–Crippen MR) is 136 cm³/mol. The summed E-state index contributed by atoms with van der Waals surface area (Å²) >= 11 is 0. The standard InChI is InChI=1S/C25H36N2O2Si2/c1-30(2,3)27-19-21(23-9-7-8-10-24(23)27)17-18-26-25(28)16-13-20-11-14-22(15-12-20)29-31(4,5)6/h7-12,14-15,19H,13,16-18H2,1-6H3,(H,26,28). The highest BCUT2D eigenvalue weighted by Crippen LogP contribution is 2.25. The van der Waals surface area contributed by atoms with E-state index in [9.17, 15) is 4.79 Å². The van der Waals surface area contributed by atoms with Crippen LogP contribution in [0.2, 0.25) is 39.3 Å². The zero-order valence-corrected chi connectivity index (χ0v) is 21.8. The number of para-hydroxylation sites is 1. The number of aromatic nitrogens is 1. The van der Waals surface area contributed by atoms with E-state index < -0.39 is 16.6 Å². The number of carbonyl (C=O) groups is 1. The normalized spacial score (nSPS) is 12.2. The second kappa shape index (κ2) is 9.44. The van der Waals surface area contributed by atoms with Gasteiger partial charge in [-0.2, -0.15) is 0 Å². The van der Waals surface area contributed by atoms with E-state index in [0.717, 1.165) is 24.2 Å². The first-order chi connectivity index (χ1) is 14.5. The van der Waals surface area contributed by atoms with Gasteiger partial charge in [0, 0.05) is 23.9 Å². The lowest BCUT2D eigenvalue weighted by molar-refractivity contribution is -0.121. The van der Waals surface area contributed by atoms with Crippen LogP contribution in [0.25, 0.3) is 10.9 Å². The minimum Gasteiger partial charge on any atom is -0.544 e. The molecule has 0 aliphatic rings. The van der Waals surface area contributed by atoms with Crippen LogP contribution < -0.4 is 9.74 Å². The van der Waals surface area contributed by atoms with Crippen molar-refractivity contribution in [3.63, 3.8) is 0 Å². The van der Waals surface area contributed by atoms with Gasteiger partial charge in [-0.25, -0.2) is 0 Å². The van der Waals surface area contributed by atoms with E-state index in [1.165, 1.54) is 16.5 Å². The first kappa shape index (κ1) is 23.3. The third-order valence-electron chi connectivity index (χ3n) is 5.22. The summed E-state index contributed by atoms with van der Waals surface area (Å²) in [5.41, 5.74) is 3.79. The Bertz CT molecular complexity index is 1030. The Labute approximate surface area is 188 Å². The molecule has 1 aromatic heterocycles. The number of aryl methyl sites for hydroxylation is 1. The molecule has 1 N–H and O–H groups in total. The average Bonchev–Trinajstić information content (AvgIpc) is 3.06. The minimum absolute atomic E-state index is 0.108. The van der Waals surface area contributed by atoms with Crippen molar-refractivity contribution in [3.8, 4) is 5.75 Å². The van der Waals surface area contributed by atoms with Gasteiger partial charge in [-0.1, -0.05) is 50.0 Å². The molecule has 0 unspecified atom stereocenters. The molecular weight excluding hydrogens is 416 g/mol. The Hall–Kier alpha value is -2.32. The molecule has 0 saturated heterocycles. The Balaban J connectivity index is 1.51. The van der Waals surface area contributed by atoms with Gasteiger partial charge in [0.05, 0.1) is 0 Å². The van der Waals surface area contributed by atoms with E-state index in [1.54, 1.807) is 0 Å². The molecule has 3 aromatic rings. The summed E-state index contributed by atoms with van der Waals surface area (Å²) in [6, 6.07) is 16.8. The molecule has 0 bridgehead atoms. The Kier molecular flexibility index (Phi) is 7.11. The molecule has 1 heterocycles. The molecule has 2 aromatic carbocycles. The zero-order valence-electron chi connectivity index (χ0n) is 19.8. The molecule has 4 nitrogen and oxygen atoms in total. The van der Waals surface area contributed by atoms with Gasteiger partial charge in [0.1, 0.15) is 5.75 Å². The highest BCUT2D eigenvalue weighted by molar-refractivity contribution is 6.75. The number of fused-ring (bicyclic) bond motifs is 1. The first-order valence-corrected chi connectivity index (χ1v) is 18.0. The summed E-state index contributed by atoms with van der Waals surface area (Å²) in [6.45, 7) is 14.3. The number of nitrogens with one attached hydrogen (secondary N) is 1. The molecule has 0 spiro atoms. The number of benzene rings is 2. The SMILES string of the molecule is C[Si](C)(C)Oc1ccc(CCC(=O)NCCc2cn([Si](C)(C)C)c3ccccc23)cc1. The fraction of sp³-hybridized carbons (Fsp3) is 0.400. The maximum absolute atomic E-state index is 12.4. The van der Waals surface area contributed by atoms with Gasteiger partial charge in [0.15, 0.2) is 8.24 Å². The van der Waals surface area contributed by atoms with Crippen molar-refractivity contribution in [1.29, 1.82) is 0 Å². The van der Waals surface area contributed by atoms with E-state index in [1.807, 2.05) is 12.1 Å². The summed E-state index contributed by atoms with van der Waals surface area (Å²) in [4.78, 5) is 12.4. The Morgan fingerprint density at radius 3 is 2.26 bits per heavy atom. The van der Waals surface area contributed by atoms with Crippen LogP contribution in [0.1, 0.15) is 17.5 Å². The first-order valence-electron chi connectivity index (χ1n) is 11.2. The minimum atomic E-state index is -1.58. The molecule has 1 amide bonds. The van der Waals surface area contributed by atoms with E-state index in [0.29, 0.717) is 13.0 Å². The van der Waals surface area contributed by atoms with E-state index >= 15 is 0 Å². The van der Waals surface area contributed by atoms with Gasteiger partial charge in [-0.3, -0.25) is 4.79 Å². The van der Waals surface area contributed by atoms with Gasteiger partial charge in [-0.15, -0.1) is 0 Å². The molecule has 6 heteroatoms. The topological polar surface area (TPSA) is 43.3 Å². The number of nitrogens with zero attached hydrogens (tertiary/aromatic N) is 1. The van der Waals surface area contributed by atoms with Crippen LogP contribution in [0.3, 0.4) is 0 Å². The molecule has 0 fully saturated rings. The zero-order chi connectivity index (χ0) is 22.6. The van der Waals surface area contributed by atoms with Crippen molar-refractivity contribution in [2.75, 3.05) is 6.54 Å². The number of rotatable bonds is 9. The van der Waals surface area contributed by atoms with Crippen LogP contribution in [-0.2, 0) is 17.6 Å². The molecule has 3 rings (SSSR count). The van der Waals surface area contributed by atoms with E-state index in [2.05, 4.69) is 91.4 Å². The summed E-state index contributed by atoms with van der Waals surface area (Å²) in [5.74, 6) is 1.03. The van der Waals surface area contributed by atoms with Gasteiger partial charge in [0.2, 0.25) is 14.2 Å². The van der Waals surface area contributed by atoms with Crippen molar-refractivity contribution in [3.05, 3.63) is 65.9 Å². The smallest absolute Gasteiger partial charge is 0.242 e. The molecule has 0 atom stereocenters. The van der Waals surface area contributed by atoms with Crippen LogP contribution in [0.4, 0.5) is 0 Å². The summed E-state index contributed by atoms with van der Waals surface area (Å²) in [6.07, 6.45) is 4.40. The Morgan fingerprint density at radius 2 is 1.61 bits per heavy atom. The fourth-order valence-electron chi connectivity index (χ4n) is 3.76. The third-order valence-corrected chi connectivity index (χ3v) is 7.89. The monoisotopic (exact) mass is 452 g/mol. The number of hydrogen-bond acceptors (Lipinski definition) is 2. The molecule has 0 aliphatic heterocycles. The summed E-state index contributed by atoms with van der Waals surface area (Å²) in [5, 5.41) is 4.41. The lowest BCUT2D eigenvalue weighted by Gasteiger charge is -2.19. The second-order valence-corrected chi connectivity index (χ2v) is 19.4. The van der Waals surface area contributed by atoms with Crippen molar-refractivity contribution < 1.29 is 9.22 Å². The quantitative estimate of drug-likeness (QED) is 0.415. The highest BCUT2D eigenvalue weighted by atomic mass is 28.4. The van der Waals surface area contributed by atoms with Crippen molar-refractivity contribution >= 4 is 33.4 Å². The number of carbonyl (C=O) groups excluding carboxylic acids is 1. The molecule has 0 saturated carbocycles. The number of amides is 1. The molecule has 166 valence electrons. The van der Waals surface area contributed by atoms with Crippen LogP contribution in [0.5, 0.6) is 5.75 Å². The Morgan fingerprint density at radius 1 is 0.935 bits per heavy atom. The summed E-state index contributed by atoms with van der Waals surface area (Å²) < 4.78 is 8.46. The maximum atomic E-state index is 12.4. The fourth-order valence-corrected chi connectivity index (χ4v) is 6.07. The van der Waals surface area contributed by atoms with Crippen LogP contribution in [0, 0.1) is 0 Å². The molecule has 0 radical (unpaired) electrons. The summed E-state index contributed by atoms with van der Waals surface area (Å²) in [7, 11) is -3.07. The van der Waals surface area contributed by atoms with Gasteiger partial charge < -0.3 is 14.0 Å². The largest absolute Gasteiger partial charge is 0.544 e. The van der Waals surface area contributed by atoms with Gasteiger partial charge >= 0.3 is 0 Å². The second-order valence-electron chi connectivity index (χ2n) is 10.2. The maximum Gasteiger partial charge on any atom is 0.242 e. The van der Waals surface area contributed by atoms with Gasteiger partial charge in [0.25, 0.3) is 0 Å². The van der Waals surface area contributed by atoms with Crippen molar-refractivity contribution in [1.82, 2.24) is 9.55 Å². The number of hydrogen-bond donors (Lipinski definition) is 1. The predicted octanol–water partition coefficient (Wildman–Crippen LogP) is 5.83. The average molecular weight is 453 g/mol. The van der Waals surface area contributed by atoms with Gasteiger partial charge in [-0.05, 0) is 68.0 Å². The van der Waals surface area contributed by atoms with E-state index in [-0.39, 0.29) is 5.91 Å². The van der Waals surface area contributed by atoms with E-state index in [4.69, 9.17) is 4.43 Å². The molecule has 31 heavy (non-hydrogen) atoms. The van der Waals surface area contributed by atoms with Crippen LogP contribution >= 0.6 is 0 Å². The molecule has 0 aliphatic carbocycles. The third kappa shape index (κ3) is 6.58. The molecular formula is C25H36N2O2Si2. The van der Waals surface area contributed by atoms with Crippen molar-refractivity contribution in [2.45, 2.75) is 58.5 Å². The van der Waals surface area contributed by atoms with Crippen LogP contribution in [-0.4, -0.2) is 33.2 Å². The van der Waals surface area contributed by atoms with Crippen molar-refractivity contribution in [2.24, 2.45) is 0 Å². The highest BCUT2D eigenvalue weighted by Gasteiger charge is 2.20. The van der Waals surface area contributed by atoms with Crippen LogP contribution in [0.15, 0.2) is 54.7 Å². The lowest BCUT2D eigenvalue weighted by atomic mass is 10.1.